The molecule has 0 saturated heterocycles. The van der Waals surface area contributed by atoms with Crippen LogP contribution in [0, 0.1) is 5.41 Å². The fourth-order valence-corrected chi connectivity index (χ4v) is 6.07. The number of aromatic nitrogens is 1. The van der Waals surface area contributed by atoms with Crippen LogP contribution in [-0.2, 0) is 16.8 Å². The van der Waals surface area contributed by atoms with E-state index in [4.69, 9.17) is 9.72 Å². The molecule has 1 aromatic carbocycles. The zero-order chi connectivity index (χ0) is 25.5. The smallest absolute Gasteiger partial charge is 0.115 e. The van der Waals surface area contributed by atoms with Crippen molar-refractivity contribution in [2.24, 2.45) is 5.41 Å². The molecule has 1 aliphatic heterocycles. The number of aliphatic hydroxyl groups excluding tert-OH is 1. The number of aromatic hydroxyl groups is 1. The van der Waals surface area contributed by atoms with Gasteiger partial charge in [0, 0.05) is 22.5 Å². The van der Waals surface area contributed by atoms with Crippen LogP contribution in [0.25, 0.3) is 0 Å². The van der Waals surface area contributed by atoms with Crippen LogP contribution in [0.2, 0.25) is 0 Å². The van der Waals surface area contributed by atoms with E-state index in [0.717, 1.165) is 66.3 Å². The second-order valence-corrected chi connectivity index (χ2v) is 13.4. The van der Waals surface area contributed by atoms with Gasteiger partial charge in [-0.2, -0.15) is 11.8 Å². The summed E-state index contributed by atoms with van der Waals surface area (Å²) in [7, 11) is 0. The minimum atomic E-state index is -0.495. The first-order valence-corrected chi connectivity index (χ1v) is 14.5. The number of hydrogen-bond donors (Lipinski definition) is 2. The zero-order valence-electron chi connectivity index (χ0n) is 22.5. The van der Waals surface area contributed by atoms with Crippen LogP contribution in [0.15, 0.2) is 24.3 Å². The van der Waals surface area contributed by atoms with Gasteiger partial charge < -0.3 is 14.9 Å². The Bertz CT molecular complexity index is 1040. The van der Waals surface area contributed by atoms with Crippen molar-refractivity contribution in [3.05, 3.63) is 57.9 Å². The van der Waals surface area contributed by atoms with E-state index in [1.165, 1.54) is 11.1 Å². The molecule has 5 heteroatoms. The van der Waals surface area contributed by atoms with Gasteiger partial charge in [0.15, 0.2) is 0 Å². The van der Waals surface area contributed by atoms with Crippen LogP contribution < -0.4 is 0 Å². The Balaban J connectivity index is 0.000000527. The molecule has 1 spiro atoms. The van der Waals surface area contributed by atoms with Crippen LogP contribution in [0.4, 0.5) is 0 Å². The minimum absolute atomic E-state index is 0.0422. The van der Waals surface area contributed by atoms with Gasteiger partial charge in [-0.3, -0.25) is 4.98 Å². The average molecular weight is 498 g/mol. The lowest BCUT2D eigenvalue weighted by Crippen LogP contribution is -2.32. The maximum Gasteiger partial charge on any atom is 0.115 e. The van der Waals surface area contributed by atoms with Crippen molar-refractivity contribution < 1.29 is 14.9 Å². The fourth-order valence-electron chi connectivity index (χ4n) is 6.07. The van der Waals surface area contributed by atoms with Crippen molar-refractivity contribution in [3.8, 4) is 5.75 Å². The van der Waals surface area contributed by atoms with E-state index in [0.29, 0.717) is 0 Å². The molecule has 2 aromatic rings. The maximum atomic E-state index is 11.3. The summed E-state index contributed by atoms with van der Waals surface area (Å²) in [5, 5.41) is 21.9. The van der Waals surface area contributed by atoms with Crippen molar-refractivity contribution in [2.75, 3.05) is 6.26 Å². The van der Waals surface area contributed by atoms with Crippen LogP contribution in [0.5, 0.6) is 5.75 Å². The highest BCUT2D eigenvalue weighted by atomic mass is 32.2. The van der Waals surface area contributed by atoms with Crippen molar-refractivity contribution in [1.82, 2.24) is 4.98 Å². The van der Waals surface area contributed by atoms with Gasteiger partial charge in [0.1, 0.15) is 11.9 Å². The highest BCUT2D eigenvalue weighted by molar-refractivity contribution is 7.99. The molecule has 5 rings (SSSR count). The Hall–Kier alpha value is -1.56. The number of aliphatic hydroxyl groups is 1. The van der Waals surface area contributed by atoms with Crippen molar-refractivity contribution in [2.45, 2.75) is 109 Å². The number of phenols is 1. The zero-order valence-corrected chi connectivity index (χ0v) is 23.3. The molecule has 1 aromatic heterocycles. The van der Waals surface area contributed by atoms with Crippen LogP contribution in [0.1, 0.15) is 125 Å². The number of nitrogens with zero attached hydrogens (tertiary/aromatic N) is 1. The highest BCUT2D eigenvalue weighted by Gasteiger charge is 2.52. The van der Waals surface area contributed by atoms with Crippen molar-refractivity contribution in [1.29, 1.82) is 0 Å². The second-order valence-electron chi connectivity index (χ2n) is 11.9. The van der Waals surface area contributed by atoms with Gasteiger partial charge in [-0.05, 0) is 71.8 Å². The van der Waals surface area contributed by atoms with E-state index >= 15 is 0 Å². The monoisotopic (exact) mass is 497 g/mol. The molecule has 2 atom stereocenters. The predicted molar refractivity (Wildman–Crippen MR) is 145 cm³/mol. The molecule has 35 heavy (non-hydrogen) atoms. The molecular weight excluding hydrogens is 454 g/mol. The SMILES string of the molecule is CC(C)c1nc2c(c3c1C(c1ccc(O)cc1)OC31CCCC1)C(O)CC(C)(C)C2.CSC(C)C. The third-order valence-electron chi connectivity index (χ3n) is 7.79. The summed E-state index contributed by atoms with van der Waals surface area (Å²) in [6.07, 6.45) is 7.38. The fraction of sp³-hybridized carbons (Fsp3) is 0.633. The third-order valence-corrected chi connectivity index (χ3v) is 8.74. The van der Waals surface area contributed by atoms with E-state index in [2.05, 4.69) is 47.8 Å². The molecule has 2 unspecified atom stereocenters. The number of benzene rings is 1. The molecule has 2 heterocycles. The Morgan fingerprint density at radius 3 is 2.17 bits per heavy atom. The van der Waals surface area contributed by atoms with Crippen LogP contribution in [0.3, 0.4) is 0 Å². The summed E-state index contributed by atoms with van der Waals surface area (Å²) >= 11 is 1.88. The molecule has 2 N–H and O–H groups in total. The number of fused-ring (bicyclic) bond motifs is 4. The molecular formula is C30H43NO3S. The Morgan fingerprint density at radius 2 is 1.63 bits per heavy atom. The standard InChI is InChI=1S/C26H33NO3.C4H10S/c1-15(2)23-21-22(20-18(27-23)13-25(3,4)14-19(20)29)26(11-5-6-12-26)30-24(21)16-7-9-17(28)10-8-16;1-4(2)5-3/h7-10,15,19,24,28-29H,5-6,11-14H2,1-4H3;4H,1-3H3. The van der Waals surface area contributed by atoms with Crippen LogP contribution >= 0.6 is 11.8 Å². The van der Waals surface area contributed by atoms with Crippen LogP contribution in [-0.4, -0.2) is 26.7 Å². The number of phenolic OH excluding ortho intramolecular Hbond substituents is 1. The first-order valence-electron chi connectivity index (χ1n) is 13.2. The quantitative estimate of drug-likeness (QED) is 0.458. The molecule has 1 saturated carbocycles. The Kier molecular flexibility index (Phi) is 7.62. The van der Waals surface area contributed by atoms with Gasteiger partial charge in [-0.15, -0.1) is 0 Å². The number of hydrogen-bond acceptors (Lipinski definition) is 5. The summed E-state index contributed by atoms with van der Waals surface area (Å²) in [4.78, 5) is 5.19. The van der Waals surface area contributed by atoms with E-state index in [1.54, 1.807) is 12.1 Å². The van der Waals surface area contributed by atoms with E-state index in [-0.39, 0.29) is 28.8 Å². The summed E-state index contributed by atoms with van der Waals surface area (Å²) in [6, 6.07) is 7.38. The molecule has 2 aliphatic carbocycles. The van der Waals surface area contributed by atoms with Crippen molar-refractivity contribution >= 4 is 11.8 Å². The average Bonchev–Trinajstić information content (AvgIpc) is 3.38. The summed E-state index contributed by atoms with van der Waals surface area (Å²) in [5.41, 5.74) is 6.42. The molecule has 0 radical (unpaired) electrons. The minimum Gasteiger partial charge on any atom is -0.508 e. The van der Waals surface area contributed by atoms with Gasteiger partial charge in [0.05, 0.1) is 11.7 Å². The number of ether oxygens (including phenoxy) is 1. The maximum absolute atomic E-state index is 11.3. The van der Waals surface area contributed by atoms with E-state index in [9.17, 15) is 10.2 Å². The van der Waals surface area contributed by atoms with Gasteiger partial charge >= 0.3 is 0 Å². The molecule has 192 valence electrons. The van der Waals surface area contributed by atoms with Gasteiger partial charge in [-0.25, -0.2) is 0 Å². The lowest BCUT2D eigenvalue weighted by molar-refractivity contribution is -0.0580. The summed E-state index contributed by atoms with van der Waals surface area (Å²) < 4.78 is 6.93. The second kappa shape index (κ2) is 10.1. The van der Waals surface area contributed by atoms with Gasteiger partial charge in [0.25, 0.3) is 0 Å². The normalized spacial score (nSPS) is 23.8. The Morgan fingerprint density at radius 1 is 1.03 bits per heavy atom. The Labute approximate surface area is 215 Å². The summed E-state index contributed by atoms with van der Waals surface area (Å²) in [6.45, 7) is 13.2. The third kappa shape index (κ3) is 5.14. The first-order chi connectivity index (χ1) is 16.5. The molecule has 4 nitrogen and oxygen atoms in total. The molecule has 0 bridgehead atoms. The topological polar surface area (TPSA) is 62.6 Å². The lowest BCUT2D eigenvalue weighted by atomic mass is 9.70. The molecule has 3 aliphatic rings. The summed E-state index contributed by atoms with van der Waals surface area (Å²) in [5.74, 6) is 0.531. The molecule has 1 fully saturated rings. The first kappa shape index (κ1) is 26.5. The molecule has 0 amide bonds. The van der Waals surface area contributed by atoms with E-state index < -0.39 is 6.10 Å². The number of pyridine rings is 1. The lowest BCUT2D eigenvalue weighted by Gasteiger charge is -2.38. The largest absolute Gasteiger partial charge is 0.508 e. The van der Waals surface area contributed by atoms with Crippen molar-refractivity contribution in [3.63, 3.8) is 0 Å². The number of rotatable bonds is 3. The number of thioether (sulfide) groups is 1. The van der Waals surface area contributed by atoms with Gasteiger partial charge in [0.2, 0.25) is 0 Å². The highest BCUT2D eigenvalue weighted by Crippen LogP contribution is 2.59. The van der Waals surface area contributed by atoms with Gasteiger partial charge in [-0.1, -0.05) is 66.5 Å². The predicted octanol–water partition coefficient (Wildman–Crippen LogP) is 7.56. The van der Waals surface area contributed by atoms with E-state index in [1.807, 2.05) is 23.9 Å².